The van der Waals surface area contributed by atoms with Crippen molar-refractivity contribution >= 4 is 27.5 Å². The Morgan fingerprint density at radius 1 is 1.08 bits per heavy atom. The molecule has 3 nitrogen and oxygen atoms in total. The average Bonchev–Trinajstić information content (AvgIpc) is 2.64. The standard InChI is InChI=1S/C21H20O3/c1-2-21(23)24-14-17(22)12-11-16-13-15-7-3-4-8-18(15)20-10-6-5-9-19(16)20/h2-10,13,17,22H,1,11-12,14H2. The number of esters is 1. The van der Waals surface area contributed by atoms with Crippen molar-refractivity contribution in [3.8, 4) is 0 Å². The number of benzene rings is 3. The summed E-state index contributed by atoms with van der Waals surface area (Å²) >= 11 is 0. The molecule has 1 atom stereocenters. The van der Waals surface area contributed by atoms with Crippen LogP contribution in [-0.2, 0) is 16.0 Å². The maximum Gasteiger partial charge on any atom is 0.330 e. The third-order valence-electron chi connectivity index (χ3n) is 4.19. The van der Waals surface area contributed by atoms with Crippen molar-refractivity contribution in [3.63, 3.8) is 0 Å². The Morgan fingerprint density at radius 3 is 2.50 bits per heavy atom. The molecule has 0 spiro atoms. The minimum Gasteiger partial charge on any atom is -0.460 e. The maximum atomic E-state index is 11.1. The van der Waals surface area contributed by atoms with Crippen LogP contribution in [0.2, 0.25) is 0 Å². The van der Waals surface area contributed by atoms with E-state index in [4.69, 9.17) is 4.74 Å². The molecule has 0 saturated carbocycles. The summed E-state index contributed by atoms with van der Waals surface area (Å²) in [5.41, 5.74) is 1.19. The summed E-state index contributed by atoms with van der Waals surface area (Å²) in [6.07, 6.45) is 1.67. The number of carbonyl (C=O) groups excluding carboxylic acids is 1. The Balaban J connectivity index is 1.83. The van der Waals surface area contributed by atoms with Crippen LogP contribution in [0.3, 0.4) is 0 Å². The molecule has 24 heavy (non-hydrogen) atoms. The fraction of sp³-hybridized carbons (Fsp3) is 0.190. The van der Waals surface area contributed by atoms with Gasteiger partial charge in [-0.1, -0.05) is 61.2 Å². The summed E-state index contributed by atoms with van der Waals surface area (Å²) in [7, 11) is 0. The predicted octanol–water partition coefficient (Wildman–Crippen LogP) is 4.02. The van der Waals surface area contributed by atoms with Crippen molar-refractivity contribution in [3.05, 3.63) is 72.8 Å². The van der Waals surface area contributed by atoms with Gasteiger partial charge in [-0.15, -0.1) is 0 Å². The number of rotatable bonds is 6. The van der Waals surface area contributed by atoms with Crippen molar-refractivity contribution in [1.82, 2.24) is 0 Å². The molecule has 0 fully saturated rings. The van der Waals surface area contributed by atoms with Crippen molar-refractivity contribution in [1.29, 1.82) is 0 Å². The predicted molar refractivity (Wildman–Crippen MR) is 96.9 cm³/mol. The van der Waals surface area contributed by atoms with Gasteiger partial charge in [-0.25, -0.2) is 4.79 Å². The second-order valence-corrected chi connectivity index (χ2v) is 5.83. The van der Waals surface area contributed by atoms with E-state index >= 15 is 0 Å². The SMILES string of the molecule is C=CC(=O)OCC(O)CCc1cc2ccccc2c2ccccc12. The zero-order valence-electron chi connectivity index (χ0n) is 13.4. The molecule has 0 radical (unpaired) electrons. The lowest BCUT2D eigenvalue weighted by atomic mass is 9.94. The second kappa shape index (κ2) is 7.28. The van der Waals surface area contributed by atoms with Crippen molar-refractivity contribution in [2.75, 3.05) is 6.61 Å². The maximum absolute atomic E-state index is 11.1. The van der Waals surface area contributed by atoms with E-state index in [0.29, 0.717) is 6.42 Å². The van der Waals surface area contributed by atoms with Gasteiger partial charge in [-0.2, -0.15) is 0 Å². The first-order chi connectivity index (χ1) is 11.7. The lowest BCUT2D eigenvalue weighted by Crippen LogP contribution is -2.18. The molecule has 1 N–H and O–H groups in total. The first-order valence-electron chi connectivity index (χ1n) is 8.05. The van der Waals surface area contributed by atoms with E-state index in [1.54, 1.807) is 0 Å². The van der Waals surface area contributed by atoms with Gasteiger partial charge < -0.3 is 9.84 Å². The van der Waals surface area contributed by atoms with Crippen molar-refractivity contribution < 1.29 is 14.6 Å². The summed E-state index contributed by atoms with van der Waals surface area (Å²) in [6, 6.07) is 18.8. The Bertz CT molecular complexity index is 883. The van der Waals surface area contributed by atoms with E-state index < -0.39 is 12.1 Å². The Kier molecular flexibility index (Phi) is 4.92. The van der Waals surface area contributed by atoms with Gasteiger partial charge in [0.2, 0.25) is 0 Å². The number of aliphatic hydroxyl groups excluding tert-OH is 1. The zero-order chi connectivity index (χ0) is 16.9. The number of ether oxygens (including phenoxy) is 1. The van der Waals surface area contributed by atoms with Crippen LogP contribution < -0.4 is 0 Å². The molecule has 3 aromatic rings. The molecular weight excluding hydrogens is 300 g/mol. The van der Waals surface area contributed by atoms with Crippen LogP contribution in [0.25, 0.3) is 21.5 Å². The highest BCUT2D eigenvalue weighted by molar-refractivity contribution is 6.08. The largest absolute Gasteiger partial charge is 0.460 e. The molecule has 0 aliphatic heterocycles. The highest BCUT2D eigenvalue weighted by Crippen LogP contribution is 2.29. The van der Waals surface area contributed by atoms with Crippen LogP contribution in [0.15, 0.2) is 67.3 Å². The van der Waals surface area contributed by atoms with Crippen LogP contribution in [0, 0.1) is 0 Å². The molecule has 0 heterocycles. The van der Waals surface area contributed by atoms with Crippen molar-refractivity contribution in [2.24, 2.45) is 0 Å². The highest BCUT2D eigenvalue weighted by atomic mass is 16.5. The molecule has 3 heteroatoms. The molecule has 0 aliphatic rings. The normalized spacial score (nSPS) is 12.2. The van der Waals surface area contributed by atoms with E-state index in [9.17, 15) is 9.90 Å². The summed E-state index contributed by atoms with van der Waals surface area (Å²) < 4.78 is 4.89. The summed E-state index contributed by atoms with van der Waals surface area (Å²) in [4.78, 5) is 11.1. The van der Waals surface area contributed by atoms with Gasteiger partial charge in [0, 0.05) is 6.08 Å². The fourth-order valence-electron chi connectivity index (χ4n) is 2.98. The van der Waals surface area contributed by atoms with E-state index in [-0.39, 0.29) is 6.61 Å². The van der Waals surface area contributed by atoms with Gasteiger partial charge in [0.1, 0.15) is 6.61 Å². The molecule has 0 amide bonds. The molecule has 0 aliphatic carbocycles. The molecular formula is C21H20O3. The first-order valence-corrected chi connectivity index (χ1v) is 8.05. The monoisotopic (exact) mass is 320 g/mol. The Hall–Kier alpha value is -2.65. The number of hydrogen-bond acceptors (Lipinski definition) is 3. The minimum absolute atomic E-state index is 0.00360. The van der Waals surface area contributed by atoms with E-state index in [0.717, 1.165) is 12.5 Å². The van der Waals surface area contributed by atoms with E-state index in [2.05, 4.69) is 36.9 Å². The molecule has 0 aromatic heterocycles. The smallest absolute Gasteiger partial charge is 0.330 e. The number of aliphatic hydroxyl groups is 1. The van der Waals surface area contributed by atoms with Gasteiger partial charge >= 0.3 is 5.97 Å². The number of carbonyl (C=O) groups is 1. The van der Waals surface area contributed by atoms with Crippen LogP contribution in [-0.4, -0.2) is 23.8 Å². The highest BCUT2D eigenvalue weighted by Gasteiger charge is 2.10. The number of fused-ring (bicyclic) bond motifs is 3. The second-order valence-electron chi connectivity index (χ2n) is 5.83. The number of aryl methyl sites for hydroxylation is 1. The quantitative estimate of drug-likeness (QED) is 0.424. The third-order valence-corrected chi connectivity index (χ3v) is 4.19. The molecule has 122 valence electrons. The van der Waals surface area contributed by atoms with Crippen LogP contribution >= 0.6 is 0 Å². The molecule has 0 bridgehead atoms. The fourth-order valence-corrected chi connectivity index (χ4v) is 2.98. The van der Waals surface area contributed by atoms with E-state index in [1.165, 1.54) is 27.1 Å². The lowest BCUT2D eigenvalue weighted by Gasteiger charge is -2.13. The topological polar surface area (TPSA) is 46.5 Å². The van der Waals surface area contributed by atoms with Crippen LogP contribution in [0.1, 0.15) is 12.0 Å². The minimum atomic E-state index is -0.681. The molecule has 0 saturated heterocycles. The van der Waals surface area contributed by atoms with Crippen molar-refractivity contribution in [2.45, 2.75) is 18.9 Å². The van der Waals surface area contributed by atoms with Gasteiger partial charge in [0.15, 0.2) is 0 Å². The van der Waals surface area contributed by atoms with E-state index in [1.807, 2.05) is 24.3 Å². The molecule has 3 rings (SSSR count). The van der Waals surface area contributed by atoms with Gasteiger partial charge in [0.25, 0.3) is 0 Å². The Labute approximate surface area is 141 Å². The summed E-state index contributed by atoms with van der Waals surface area (Å²) in [6.45, 7) is 3.34. The van der Waals surface area contributed by atoms with Gasteiger partial charge in [-0.05, 0) is 39.9 Å². The van der Waals surface area contributed by atoms with Crippen LogP contribution in [0.5, 0.6) is 0 Å². The summed E-state index contributed by atoms with van der Waals surface area (Å²) in [5.74, 6) is -0.509. The lowest BCUT2D eigenvalue weighted by molar-refractivity contribution is -0.140. The van der Waals surface area contributed by atoms with Crippen LogP contribution in [0.4, 0.5) is 0 Å². The summed E-state index contributed by atoms with van der Waals surface area (Å²) in [5, 5.41) is 14.9. The third kappa shape index (κ3) is 3.47. The zero-order valence-corrected chi connectivity index (χ0v) is 13.4. The molecule has 3 aromatic carbocycles. The molecule has 1 unspecified atom stereocenters. The number of hydrogen-bond donors (Lipinski definition) is 1. The van der Waals surface area contributed by atoms with Gasteiger partial charge in [-0.3, -0.25) is 0 Å². The average molecular weight is 320 g/mol. The van der Waals surface area contributed by atoms with Gasteiger partial charge in [0.05, 0.1) is 6.10 Å². The Morgan fingerprint density at radius 2 is 1.75 bits per heavy atom. The first kappa shape index (κ1) is 16.2.